The maximum absolute atomic E-state index is 12.1. The van der Waals surface area contributed by atoms with Gasteiger partial charge in [0.25, 0.3) is 11.1 Å². The zero-order chi connectivity index (χ0) is 15.4. The first-order valence-corrected chi connectivity index (χ1v) is 7.50. The fraction of sp³-hybridized carbons (Fsp3) is 0.133. The van der Waals surface area contributed by atoms with Crippen molar-refractivity contribution in [2.75, 3.05) is 5.32 Å². The van der Waals surface area contributed by atoms with Crippen molar-refractivity contribution in [3.63, 3.8) is 0 Å². The van der Waals surface area contributed by atoms with Gasteiger partial charge in [-0.1, -0.05) is 30.0 Å². The summed E-state index contributed by atoms with van der Waals surface area (Å²) in [7, 11) is 0. The van der Waals surface area contributed by atoms with E-state index in [1.807, 2.05) is 30.3 Å². The first-order valence-electron chi connectivity index (χ1n) is 6.62. The van der Waals surface area contributed by atoms with Crippen molar-refractivity contribution in [3.05, 3.63) is 48.7 Å². The SMILES string of the molecule is CC(Sc1nnc(-c2ccco2)o1)C(=O)Nc1ccccc1. The van der Waals surface area contributed by atoms with Crippen molar-refractivity contribution >= 4 is 23.4 Å². The number of carbonyl (C=O) groups excluding carboxylic acids is 1. The Bertz CT molecular complexity index is 741. The molecule has 7 heteroatoms. The van der Waals surface area contributed by atoms with E-state index in [0.717, 1.165) is 5.69 Å². The number of hydrogen-bond acceptors (Lipinski definition) is 6. The highest BCUT2D eigenvalue weighted by Gasteiger charge is 2.19. The molecule has 1 N–H and O–H groups in total. The second-order valence-corrected chi connectivity index (χ2v) is 5.76. The Morgan fingerprint density at radius 2 is 2.00 bits per heavy atom. The van der Waals surface area contributed by atoms with E-state index in [1.54, 1.807) is 19.1 Å². The summed E-state index contributed by atoms with van der Waals surface area (Å²) in [6, 6.07) is 12.7. The van der Waals surface area contributed by atoms with Crippen LogP contribution in [0.1, 0.15) is 6.92 Å². The summed E-state index contributed by atoms with van der Waals surface area (Å²) < 4.78 is 10.6. The first-order chi connectivity index (χ1) is 10.7. The van der Waals surface area contributed by atoms with Gasteiger partial charge >= 0.3 is 0 Å². The van der Waals surface area contributed by atoms with E-state index in [2.05, 4.69) is 15.5 Å². The van der Waals surface area contributed by atoms with Crippen molar-refractivity contribution in [2.24, 2.45) is 0 Å². The number of benzene rings is 1. The molecule has 0 radical (unpaired) electrons. The summed E-state index contributed by atoms with van der Waals surface area (Å²) in [6.45, 7) is 1.78. The van der Waals surface area contributed by atoms with Crippen molar-refractivity contribution in [1.29, 1.82) is 0 Å². The van der Waals surface area contributed by atoms with Gasteiger partial charge in [0.15, 0.2) is 5.76 Å². The number of para-hydroxylation sites is 1. The van der Waals surface area contributed by atoms with Crippen molar-refractivity contribution in [3.8, 4) is 11.7 Å². The van der Waals surface area contributed by atoms with Crippen LogP contribution in [0.4, 0.5) is 5.69 Å². The number of anilines is 1. The molecule has 112 valence electrons. The molecule has 3 aromatic rings. The average molecular weight is 315 g/mol. The van der Waals surface area contributed by atoms with Gasteiger partial charge in [-0.05, 0) is 31.2 Å². The van der Waals surface area contributed by atoms with E-state index in [-0.39, 0.29) is 11.2 Å². The Hall–Kier alpha value is -2.54. The maximum atomic E-state index is 12.1. The third-order valence-corrected chi connectivity index (χ3v) is 3.76. The predicted molar refractivity (Wildman–Crippen MR) is 82.4 cm³/mol. The highest BCUT2D eigenvalue weighted by molar-refractivity contribution is 8.00. The lowest BCUT2D eigenvalue weighted by atomic mass is 10.3. The molecule has 0 saturated carbocycles. The van der Waals surface area contributed by atoms with E-state index in [9.17, 15) is 4.79 Å². The Balaban J connectivity index is 1.62. The van der Waals surface area contributed by atoms with E-state index in [1.165, 1.54) is 18.0 Å². The van der Waals surface area contributed by atoms with Crippen LogP contribution in [0.2, 0.25) is 0 Å². The van der Waals surface area contributed by atoms with Gasteiger partial charge in [0.2, 0.25) is 5.91 Å². The molecular weight excluding hydrogens is 302 g/mol. The number of nitrogens with zero attached hydrogens (tertiary/aromatic N) is 2. The third-order valence-electron chi connectivity index (χ3n) is 2.83. The minimum atomic E-state index is -0.370. The van der Waals surface area contributed by atoms with Crippen LogP contribution in [-0.4, -0.2) is 21.4 Å². The minimum absolute atomic E-state index is 0.131. The molecule has 22 heavy (non-hydrogen) atoms. The number of furan rings is 1. The maximum Gasteiger partial charge on any atom is 0.284 e. The van der Waals surface area contributed by atoms with Gasteiger partial charge in [-0.15, -0.1) is 10.2 Å². The molecular formula is C15H13N3O3S. The van der Waals surface area contributed by atoms with E-state index in [0.29, 0.717) is 16.9 Å². The van der Waals surface area contributed by atoms with Gasteiger partial charge in [0.05, 0.1) is 11.5 Å². The normalized spacial score (nSPS) is 12.0. The van der Waals surface area contributed by atoms with Crippen LogP contribution in [-0.2, 0) is 4.79 Å². The number of carbonyl (C=O) groups is 1. The van der Waals surface area contributed by atoms with Crippen LogP contribution in [0.15, 0.2) is 62.8 Å². The van der Waals surface area contributed by atoms with E-state index >= 15 is 0 Å². The summed E-state index contributed by atoms with van der Waals surface area (Å²) in [5.41, 5.74) is 0.752. The Morgan fingerprint density at radius 3 is 2.73 bits per heavy atom. The lowest BCUT2D eigenvalue weighted by Gasteiger charge is -2.09. The largest absolute Gasteiger partial charge is 0.459 e. The van der Waals surface area contributed by atoms with Crippen molar-refractivity contribution in [2.45, 2.75) is 17.4 Å². The molecule has 2 aromatic heterocycles. The lowest BCUT2D eigenvalue weighted by Crippen LogP contribution is -2.22. The molecule has 6 nitrogen and oxygen atoms in total. The number of amides is 1. The Kier molecular flexibility index (Phi) is 4.24. The lowest BCUT2D eigenvalue weighted by molar-refractivity contribution is -0.115. The molecule has 0 spiro atoms. The molecule has 0 aliphatic carbocycles. The number of hydrogen-bond donors (Lipinski definition) is 1. The van der Waals surface area contributed by atoms with Crippen LogP contribution in [0.5, 0.6) is 0 Å². The molecule has 1 amide bonds. The zero-order valence-corrected chi connectivity index (χ0v) is 12.5. The first kappa shape index (κ1) is 14.4. The van der Waals surface area contributed by atoms with Gasteiger partial charge in [-0.2, -0.15) is 0 Å². The molecule has 0 bridgehead atoms. The van der Waals surface area contributed by atoms with Crippen LogP contribution < -0.4 is 5.32 Å². The molecule has 0 aliphatic heterocycles. The molecule has 0 fully saturated rings. The number of aromatic nitrogens is 2. The zero-order valence-electron chi connectivity index (χ0n) is 11.7. The highest BCUT2D eigenvalue weighted by Crippen LogP contribution is 2.26. The molecule has 1 unspecified atom stereocenters. The predicted octanol–water partition coefficient (Wildman–Crippen LogP) is 3.45. The Morgan fingerprint density at radius 1 is 1.18 bits per heavy atom. The Labute approximate surface area is 130 Å². The van der Waals surface area contributed by atoms with Gasteiger partial charge in [-0.25, -0.2) is 0 Å². The monoisotopic (exact) mass is 315 g/mol. The second kappa shape index (κ2) is 6.48. The highest BCUT2D eigenvalue weighted by atomic mass is 32.2. The number of thioether (sulfide) groups is 1. The standard InChI is InChI=1S/C15H13N3O3S/c1-10(13(19)16-11-6-3-2-4-7-11)22-15-18-17-14(21-15)12-8-5-9-20-12/h2-10H,1H3,(H,16,19). The summed E-state index contributed by atoms with van der Waals surface area (Å²) >= 11 is 1.20. The summed E-state index contributed by atoms with van der Waals surface area (Å²) in [5.74, 6) is 0.665. The van der Waals surface area contributed by atoms with Gasteiger partial charge in [0, 0.05) is 5.69 Å². The van der Waals surface area contributed by atoms with Crippen LogP contribution in [0.3, 0.4) is 0 Å². The molecule has 1 aromatic carbocycles. The van der Waals surface area contributed by atoms with Crippen molar-refractivity contribution < 1.29 is 13.6 Å². The van der Waals surface area contributed by atoms with E-state index < -0.39 is 0 Å². The summed E-state index contributed by atoms with van der Waals surface area (Å²) in [4.78, 5) is 12.1. The smallest absolute Gasteiger partial charge is 0.284 e. The molecule has 1 atom stereocenters. The topological polar surface area (TPSA) is 81.2 Å². The fourth-order valence-corrected chi connectivity index (χ4v) is 2.41. The molecule has 2 heterocycles. The van der Waals surface area contributed by atoms with Crippen molar-refractivity contribution in [1.82, 2.24) is 10.2 Å². The fourth-order valence-electron chi connectivity index (χ4n) is 1.73. The quantitative estimate of drug-likeness (QED) is 0.726. The second-order valence-electron chi connectivity index (χ2n) is 4.47. The van der Waals surface area contributed by atoms with Gasteiger partial charge < -0.3 is 14.2 Å². The minimum Gasteiger partial charge on any atom is -0.459 e. The summed E-state index contributed by atoms with van der Waals surface area (Å²) in [5, 5.41) is 10.6. The van der Waals surface area contributed by atoms with Crippen LogP contribution in [0.25, 0.3) is 11.7 Å². The van der Waals surface area contributed by atoms with Gasteiger partial charge in [-0.3, -0.25) is 4.79 Å². The third kappa shape index (κ3) is 3.37. The molecule has 0 saturated heterocycles. The average Bonchev–Trinajstić information content (AvgIpc) is 3.19. The molecule has 3 rings (SSSR count). The number of rotatable bonds is 5. The molecule has 0 aliphatic rings. The van der Waals surface area contributed by atoms with Crippen LogP contribution in [0, 0.1) is 0 Å². The summed E-state index contributed by atoms with van der Waals surface area (Å²) in [6.07, 6.45) is 1.53. The van der Waals surface area contributed by atoms with E-state index in [4.69, 9.17) is 8.83 Å². The van der Waals surface area contributed by atoms with Gasteiger partial charge in [0.1, 0.15) is 0 Å². The number of nitrogens with one attached hydrogen (secondary N) is 1. The van der Waals surface area contributed by atoms with Crippen LogP contribution >= 0.6 is 11.8 Å².